The van der Waals surface area contributed by atoms with Crippen molar-refractivity contribution in [3.63, 3.8) is 0 Å². The molecule has 0 bridgehead atoms. The van der Waals surface area contributed by atoms with Crippen molar-refractivity contribution in [2.75, 3.05) is 6.54 Å². The van der Waals surface area contributed by atoms with E-state index in [1.54, 1.807) is 12.3 Å². The SMILES string of the molecule is CC1CCC(O)(CNC(=O)Cn2cc(Br)ccc2=O)CC1. The number of halogens is 1. The molecule has 1 fully saturated rings. The van der Waals surface area contributed by atoms with Gasteiger partial charge in [-0.2, -0.15) is 0 Å². The quantitative estimate of drug-likeness (QED) is 0.861. The predicted molar refractivity (Wildman–Crippen MR) is 84.0 cm³/mol. The first-order chi connectivity index (χ1) is 9.88. The average Bonchev–Trinajstić information content (AvgIpc) is 2.45. The second-order valence-corrected chi connectivity index (χ2v) is 6.91. The highest BCUT2D eigenvalue weighted by atomic mass is 79.9. The summed E-state index contributed by atoms with van der Waals surface area (Å²) in [6.45, 7) is 2.39. The fourth-order valence-electron chi connectivity index (χ4n) is 2.58. The Labute approximate surface area is 132 Å². The van der Waals surface area contributed by atoms with Gasteiger partial charge in [-0.05, 0) is 53.6 Å². The second kappa shape index (κ2) is 6.75. The molecule has 1 heterocycles. The van der Waals surface area contributed by atoms with Crippen LogP contribution < -0.4 is 10.9 Å². The first-order valence-corrected chi connectivity index (χ1v) is 8.02. The molecular formula is C15H21BrN2O3. The molecule has 2 rings (SSSR count). The van der Waals surface area contributed by atoms with Crippen LogP contribution in [0.2, 0.25) is 0 Å². The fraction of sp³-hybridized carbons (Fsp3) is 0.600. The third-order valence-corrected chi connectivity index (χ3v) is 4.55. The van der Waals surface area contributed by atoms with Crippen molar-refractivity contribution in [2.24, 2.45) is 5.92 Å². The molecule has 0 aromatic carbocycles. The zero-order chi connectivity index (χ0) is 15.5. The topological polar surface area (TPSA) is 71.3 Å². The van der Waals surface area contributed by atoms with E-state index in [4.69, 9.17) is 0 Å². The van der Waals surface area contributed by atoms with Crippen molar-refractivity contribution in [3.05, 3.63) is 33.2 Å². The van der Waals surface area contributed by atoms with Crippen LogP contribution in [0.25, 0.3) is 0 Å². The van der Waals surface area contributed by atoms with E-state index in [-0.39, 0.29) is 24.6 Å². The van der Waals surface area contributed by atoms with Crippen molar-refractivity contribution in [1.29, 1.82) is 0 Å². The first-order valence-electron chi connectivity index (χ1n) is 7.23. The van der Waals surface area contributed by atoms with Crippen molar-refractivity contribution >= 4 is 21.8 Å². The van der Waals surface area contributed by atoms with E-state index in [1.165, 1.54) is 10.6 Å². The summed E-state index contributed by atoms with van der Waals surface area (Å²) in [7, 11) is 0. The number of pyridine rings is 1. The summed E-state index contributed by atoms with van der Waals surface area (Å²) in [6, 6.07) is 3.05. The Morgan fingerprint density at radius 2 is 2.14 bits per heavy atom. The van der Waals surface area contributed by atoms with E-state index >= 15 is 0 Å². The molecule has 1 aliphatic rings. The molecule has 0 aliphatic heterocycles. The van der Waals surface area contributed by atoms with Gasteiger partial charge in [-0.3, -0.25) is 9.59 Å². The first kappa shape index (κ1) is 16.2. The number of rotatable bonds is 4. The van der Waals surface area contributed by atoms with Gasteiger partial charge in [-0.15, -0.1) is 0 Å². The van der Waals surface area contributed by atoms with E-state index < -0.39 is 5.60 Å². The van der Waals surface area contributed by atoms with Crippen LogP contribution in [0.1, 0.15) is 32.6 Å². The van der Waals surface area contributed by atoms with Gasteiger partial charge in [0.15, 0.2) is 0 Å². The highest BCUT2D eigenvalue weighted by molar-refractivity contribution is 9.10. The van der Waals surface area contributed by atoms with Crippen LogP contribution in [0.3, 0.4) is 0 Å². The molecule has 1 aromatic heterocycles. The lowest BCUT2D eigenvalue weighted by molar-refractivity contribution is -0.123. The molecule has 1 aliphatic carbocycles. The minimum Gasteiger partial charge on any atom is -0.388 e. The lowest BCUT2D eigenvalue weighted by Crippen LogP contribution is -2.46. The fourth-order valence-corrected chi connectivity index (χ4v) is 2.96. The molecule has 5 nitrogen and oxygen atoms in total. The molecular weight excluding hydrogens is 336 g/mol. The molecule has 0 unspecified atom stereocenters. The highest BCUT2D eigenvalue weighted by Crippen LogP contribution is 2.31. The molecule has 6 heteroatoms. The molecule has 1 amide bonds. The number of carbonyl (C=O) groups excluding carboxylic acids is 1. The van der Waals surface area contributed by atoms with Gasteiger partial charge >= 0.3 is 0 Å². The number of carbonyl (C=O) groups is 1. The van der Waals surface area contributed by atoms with Crippen molar-refractivity contribution in [1.82, 2.24) is 9.88 Å². The molecule has 21 heavy (non-hydrogen) atoms. The highest BCUT2D eigenvalue weighted by Gasteiger charge is 2.31. The summed E-state index contributed by atoms with van der Waals surface area (Å²) in [4.78, 5) is 23.6. The molecule has 116 valence electrons. The van der Waals surface area contributed by atoms with Gasteiger partial charge in [-0.1, -0.05) is 6.92 Å². The van der Waals surface area contributed by atoms with Crippen LogP contribution >= 0.6 is 15.9 Å². The van der Waals surface area contributed by atoms with Gasteiger partial charge in [0, 0.05) is 23.3 Å². The summed E-state index contributed by atoms with van der Waals surface area (Å²) in [6.07, 6.45) is 4.98. The molecule has 2 N–H and O–H groups in total. The van der Waals surface area contributed by atoms with Crippen LogP contribution in [0.4, 0.5) is 0 Å². The van der Waals surface area contributed by atoms with E-state index in [1.807, 2.05) is 0 Å². The van der Waals surface area contributed by atoms with E-state index in [0.717, 1.165) is 17.3 Å². The zero-order valence-corrected chi connectivity index (χ0v) is 13.7. The van der Waals surface area contributed by atoms with Gasteiger partial charge in [0.05, 0.1) is 5.60 Å². The van der Waals surface area contributed by atoms with Gasteiger partial charge in [0.2, 0.25) is 5.91 Å². The van der Waals surface area contributed by atoms with Crippen LogP contribution in [-0.4, -0.2) is 27.7 Å². The van der Waals surface area contributed by atoms with E-state index in [0.29, 0.717) is 18.8 Å². The number of aromatic nitrogens is 1. The third kappa shape index (κ3) is 4.68. The predicted octanol–water partition coefficient (Wildman–Crippen LogP) is 1.67. The van der Waals surface area contributed by atoms with Crippen molar-refractivity contribution in [3.8, 4) is 0 Å². The largest absolute Gasteiger partial charge is 0.388 e. The minimum absolute atomic E-state index is 0.0369. The molecule has 0 atom stereocenters. The van der Waals surface area contributed by atoms with Gasteiger partial charge in [-0.25, -0.2) is 0 Å². The number of hydrogen-bond acceptors (Lipinski definition) is 3. The van der Waals surface area contributed by atoms with Crippen LogP contribution in [0.15, 0.2) is 27.6 Å². The number of nitrogens with zero attached hydrogens (tertiary/aromatic N) is 1. The normalized spacial score (nSPS) is 25.6. The van der Waals surface area contributed by atoms with Crippen molar-refractivity contribution in [2.45, 2.75) is 44.8 Å². The summed E-state index contributed by atoms with van der Waals surface area (Å²) < 4.78 is 2.08. The summed E-state index contributed by atoms with van der Waals surface area (Å²) in [5.74, 6) is 0.378. The molecule has 0 radical (unpaired) electrons. The van der Waals surface area contributed by atoms with Crippen LogP contribution in [0.5, 0.6) is 0 Å². The summed E-state index contributed by atoms with van der Waals surface area (Å²) in [5.41, 5.74) is -1.02. The Morgan fingerprint density at radius 3 is 2.81 bits per heavy atom. The molecule has 1 aromatic rings. The Balaban J connectivity index is 1.87. The van der Waals surface area contributed by atoms with Crippen LogP contribution in [-0.2, 0) is 11.3 Å². The lowest BCUT2D eigenvalue weighted by Gasteiger charge is -2.34. The molecule has 0 saturated heterocycles. The zero-order valence-electron chi connectivity index (χ0n) is 12.1. The monoisotopic (exact) mass is 356 g/mol. The maximum absolute atomic E-state index is 11.9. The standard InChI is InChI=1S/C15H21BrN2O3/c1-11-4-6-15(21,7-5-11)10-17-13(19)9-18-8-12(16)2-3-14(18)20/h2-3,8,11,21H,4-7,9-10H2,1H3,(H,17,19). The number of amides is 1. The number of hydrogen-bond donors (Lipinski definition) is 2. The second-order valence-electron chi connectivity index (χ2n) is 6.00. The molecule has 1 saturated carbocycles. The Morgan fingerprint density at radius 1 is 1.48 bits per heavy atom. The van der Waals surface area contributed by atoms with Crippen LogP contribution in [0, 0.1) is 5.92 Å². The third-order valence-electron chi connectivity index (χ3n) is 4.08. The number of aliphatic hydroxyl groups is 1. The summed E-state index contributed by atoms with van der Waals surface area (Å²) >= 11 is 3.27. The number of nitrogens with one attached hydrogen (secondary N) is 1. The van der Waals surface area contributed by atoms with E-state index in [2.05, 4.69) is 28.2 Å². The van der Waals surface area contributed by atoms with E-state index in [9.17, 15) is 14.7 Å². The average molecular weight is 357 g/mol. The molecule has 0 spiro atoms. The Hall–Kier alpha value is -1.14. The van der Waals surface area contributed by atoms with Crippen molar-refractivity contribution < 1.29 is 9.90 Å². The Kier molecular flexibility index (Phi) is 5.22. The summed E-state index contributed by atoms with van der Waals surface area (Å²) in [5, 5.41) is 13.2. The maximum Gasteiger partial charge on any atom is 0.251 e. The minimum atomic E-state index is -0.801. The Bertz CT molecular complexity index is 562. The lowest BCUT2D eigenvalue weighted by atomic mass is 9.79. The van der Waals surface area contributed by atoms with Gasteiger partial charge in [0.25, 0.3) is 5.56 Å². The smallest absolute Gasteiger partial charge is 0.251 e. The van der Waals surface area contributed by atoms with Gasteiger partial charge < -0.3 is 15.0 Å². The van der Waals surface area contributed by atoms with Gasteiger partial charge in [0.1, 0.15) is 6.54 Å². The maximum atomic E-state index is 11.9.